The number of hydrogen-bond donors (Lipinski definition) is 0. The van der Waals surface area contributed by atoms with Gasteiger partial charge in [-0.15, -0.1) is 0 Å². The second-order valence-corrected chi connectivity index (χ2v) is 10.5. The van der Waals surface area contributed by atoms with Crippen LogP contribution in [0.5, 0.6) is 0 Å². The Labute approximate surface area is 225 Å². The third-order valence-electron chi connectivity index (χ3n) is 7.60. The molecule has 4 heteroatoms. The zero-order valence-electron chi connectivity index (χ0n) is 20.5. The molecule has 3 heterocycles. The van der Waals surface area contributed by atoms with Gasteiger partial charge in [-0.3, -0.25) is 0 Å². The Kier molecular flexibility index (Phi) is 4.67. The summed E-state index contributed by atoms with van der Waals surface area (Å²) < 4.78 is 4.65. The standard InChI is InChI=1S/C34H21BN2S/c35-29-20-38-21-34(29)37-31-13-7-5-11-26(31)28-19-23(15-17-33(28)37)22-14-16-32-27(18-22)25-10-4-6-12-30(25)36(32)24-8-2-1-3-9-24/h1-21H. The molecule has 8 aromatic rings. The van der Waals surface area contributed by atoms with Crippen LogP contribution in [-0.4, -0.2) is 17.0 Å². The van der Waals surface area contributed by atoms with Crippen molar-refractivity contribution in [3.05, 3.63) is 126 Å². The molecule has 5 aromatic carbocycles. The quantitative estimate of drug-likeness (QED) is 0.216. The number of hydrogen-bond acceptors (Lipinski definition) is 1. The van der Waals surface area contributed by atoms with E-state index in [-0.39, 0.29) is 0 Å². The molecule has 0 aliphatic heterocycles. The van der Waals surface area contributed by atoms with Gasteiger partial charge >= 0.3 is 0 Å². The van der Waals surface area contributed by atoms with Crippen LogP contribution in [0.25, 0.3) is 66.1 Å². The van der Waals surface area contributed by atoms with Gasteiger partial charge in [0.25, 0.3) is 0 Å². The molecule has 0 unspecified atom stereocenters. The van der Waals surface area contributed by atoms with Crippen molar-refractivity contribution in [1.82, 2.24) is 9.13 Å². The minimum Gasteiger partial charge on any atom is -0.309 e. The summed E-state index contributed by atoms with van der Waals surface area (Å²) in [6, 6.07) is 41.5. The first-order valence-corrected chi connectivity index (χ1v) is 13.7. The van der Waals surface area contributed by atoms with Crippen LogP contribution >= 0.6 is 11.3 Å². The Morgan fingerprint density at radius 2 is 1.00 bits per heavy atom. The fourth-order valence-electron chi connectivity index (χ4n) is 5.90. The highest BCUT2D eigenvalue weighted by Crippen LogP contribution is 2.38. The minimum atomic E-state index is 0.807. The van der Waals surface area contributed by atoms with Gasteiger partial charge in [-0.2, -0.15) is 11.3 Å². The summed E-state index contributed by atoms with van der Waals surface area (Å²) in [6.45, 7) is 0. The maximum absolute atomic E-state index is 6.36. The summed E-state index contributed by atoms with van der Waals surface area (Å²) in [6.07, 6.45) is 0. The zero-order chi connectivity index (χ0) is 25.2. The van der Waals surface area contributed by atoms with Crippen molar-refractivity contribution in [3.8, 4) is 22.5 Å². The van der Waals surface area contributed by atoms with E-state index in [9.17, 15) is 0 Å². The highest BCUT2D eigenvalue weighted by Gasteiger charge is 2.16. The van der Waals surface area contributed by atoms with E-state index in [4.69, 9.17) is 7.85 Å². The number of nitrogens with zero attached hydrogens (tertiary/aromatic N) is 2. The average molecular weight is 500 g/mol. The first-order chi connectivity index (χ1) is 18.8. The number of aromatic nitrogens is 2. The molecule has 38 heavy (non-hydrogen) atoms. The maximum atomic E-state index is 6.36. The summed E-state index contributed by atoms with van der Waals surface area (Å²) >= 11 is 1.64. The molecule has 0 aliphatic rings. The van der Waals surface area contributed by atoms with Gasteiger partial charge in [0.1, 0.15) is 7.85 Å². The lowest BCUT2D eigenvalue weighted by Crippen LogP contribution is -2.07. The van der Waals surface area contributed by atoms with Crippen LogP contribution in [0.1, 0.15) is 0 Å². The van der Waals surface area contributed by atoms with E-state index in [0.717, 1.165) is 11.2 Å². The summed E-state index contributed by atoms with van der Waals surface area (Å²) in [7, 11) is 6.36. The van der Waals surface area contributed by atoms with Gasteiger partial charge in [-0.25, -0.2) is 0 Å². The highest BCUT2D eigenvalue weighted by molar-refractivity contribution is 7.09. The van der Waals surface area contributed by atoms with E-state index in [1.165, 1.54) is 60.4 Å². The van der Waals surface area contributed by atoms with E-state index in [0.29, 0.717) is 0 Å². The van der Waals surface area contributed by atoms with Crippen molar-refractivity contribution in [3.63, 3.8) is 0 Å². The van der Waals surface area contributed by atoms with Crippen molar-refractivity contribution in [1.29, 1.82) is 0 Å². The summed E-state index contributed by atoms with van der Waals surface area (Å²) in [4.78, 5) is 0. The summed E-state index contributed by atoms with van der Waals surface area (Å²) in [5, 5.41) is 9.12. The Hall–Kier alpha value is -4.54. The predicted molar refractivity (Wildman–Crippen MR) is 164 cm³/mol. The zero-order valence-corrected chi connectivity index (χ0v) is 21.3. The monoisotopic (exact) mass is 500 g/mol. The second-order valence-electron chi connectivity index (χ2n) is 9.72. The molecule has 0 bridgehead atoms. The predicted octanol–water partition coefficient (Wildman–Crippen LogP) is 8.40. The molecule has 176 valence electrons. The molecule has 8 rings (SSSR count). The second kappa shape index (κ2) is 8.24. The molecule has 0 N–H and O–H groups in total. The molecule has 0 saturated carbocycles. The van der Waals surface area contributed by atoms with E-state index in [1.54, 1.807) is 11.3 Å². The van der Waals surface area contributed by atoms with Crippen LogP contribution in [0.15, 0.2) is 126 Å². The average Bonchev–Trinajstić information content (AvgIpc) is 3.64. The van der Waals surface area contributed by atoms with Gasteiger partial charge in [0.05, 0.1) is 22.1 Å². The molecule has 0 aliphatic carbocycles. The third kappa shape index (κ3) is 3.07. The molecule has 2 radical (unpaired) electrons. The topological polar surface area (TPSA) is 9.86 Å². The van der Waals surface area contributed by atoms with Crippen molar-refractivity contribution >= 4 is 68.3 Å². The SMILES string of the molecule is [B]c1cscc1-n1c2ccccc2c2cc(-c3ccc4c(c3)c3ccccc3n4-c3ccccc3)ccc21. The van der Waals surface area contributed by atoms with Gasteiger partial charge in [-0.05, 0) is 65.0 Å². The third-order valence-corrected chi connectivity index (χ3v) is 8.35. The molecule has 0 fully saturated rings. The molecule has 3 aromatic heterocycles. The first kappa shape index (κ1) is 21.5. The Morgan fingerprint density at radius 1 is 0.474 bits per heavy atom. The maximum Gasteiger partial charge on any atom is 0.117 e. The van der Waals surface area contributed by atoms with Crippen molar-refractivity contribution in [2.24, 2.45) is 0 Å². The van der Waals surface area contributed by atoms with Crippen molar-refractivity contribution in [2.45, 2.75) is 0 Å². The molecule has 0 amide bonds. The number of fused-ring (bicyclic) bond motifs is 6. The highest BCUT2D eigenvalue weighted by atomic mass is 32.1. The lowest BCUT2D eigenvalue weighted by Gasteiger charge is -2.09. The lowest BCUT2D eigenvalue weighted by atomic mass is 9.98. The van der Waals surface area contributed by atoms with E-state index in [1.807, 2.05) is 5.38 Å². The molecule has 2 nitrogen and oxygen atoms in total. The van der Waals surface area contributed by atoms with Crippen LogP contribution in [0.2, 0.25) is 0 Å². The smallest absolute Gasteiger partial charge is 0.117 e. The van der Waals surface area contributed by atoms with E-state index in [2.05, 4.69) is 130 Å². The summed E-state index contributed by atoms with van der Waals surface area (Å²) in [5.74, 6) is 0. The molecular formula is C34H21BN2S. The van der Waals surface area contributed by atoms with E-state index >= 15 is 0 Å². The van der Waals surface area contributed by atoms with Crippen LogP contribution in [0, 0.1) is 0 Å². The number of para-hydroxylation sites is 3. The van der Waals surface area contributed by atoms with Crippen LogP contribution in [0.3, 0.4) is 0 Å². The minimum absolute atomic E-state index is 0.807. The fraction of sp³-hybridized carbons (Fsp3) is 0. The molecule has 0 atom stereocenters. The number of benzene rings is 5. The van der Waals surface area contributed by atoms with Crippen LogP contribution in [-0.2, 0) is 0 Å². The van der Waals surface area contributed by atoms with E-state index < -0.39 is 0 Å². The lowest BCUT2D eigenvalue weighted by molar-refractivity contribution is 1.18. The number of rotatable bonds is 3. The van der Waals surface area contributed by atoms with Gasteiger partial charge in [0, 0.05) is 38.3 Å². The van der Waals surface area contributed by atoms with Gasteiger partial charge in [0.2, 0.25) is 0 Å². The van der Waals surface area contributed by atoms with Gasteiger partial charge in [0.15, 0.2) is 0 Å². The van der Waals surface area contributed by atoms with Crippen LogP contribution in [0.4, 0.5) is 0 Å². The van der Waals surface area contributed by atoms with Crippen molar-refractivity contribution < 1.29 is 0 Å². The fourth-order valence-corrected chi connectivity index (χ4v) is 6.61. The Balaban J connectivity index is 1.37. The summed E-state index contributed by atoms with van der Waals surface area (Å²) in [5.41, 5.74) is 10.2. The molecule has 0 spiro atoms. The Morgan fingerprint density at radius 3 is 1.61 bits per heavy atom. The normalized spacial score (nSPS) is 11.8. The van der Waals surface area contributed by atoms with Gasteiger partial charge in [-0.1, -0.05) is 72.2 Å². The van der Waals surface area contributed by atoms with Crippen molar-refractivity contribution in [2.75, 3.05) is 0 Å². The van der Waals surface area contributed by atoms with Gasteiger partial charge < -0.3 is 9.13 Å². The molecule has 0 saturated heterocycles. The number of thiophene rings is 1. The first-order valence-electron chi connectivity index (χ1n) is 12.7. The molecular weight excluding hydrogens is 479 g/mol. The Bertz CT molecular complexity index is 2150. The van der Waals surface area contributed by atoms with Crippen LogP contribution < -0.4 is 5.46 Å². The largest absolute Gasteiger partial charge is 0.309 e.